The fraction of sp³-hybridized carbons (Fsp3) is 0.773. The second-order valence-electron chi connectivity index (χ2n) is 7.68. The third-order valence-corrected chi connectivity index (χ3v) is 5.94. The van der Waals surface area contributed by atoms with Crippen LogP contribution in [0.5, 0.6) is 0 Å². The summed E-state index contributed by atoms with van der Waals surface area (Å²) in [6.07, 6.45) is 10.9. The number of carbonyl (C=O) groups excluding carboxylic acids is 2. The molecule has 2 aliphatic carbocycles. The summed E-state index contributed by atoms with van der Waals surface area (Å²) in [5.74, 6) is -0.666. The Morgan fingerprint density at radius 1 is 0.833 bits per heavy atom. The Bertz CT molecular complexity index is 508. The van der Waals surface area contributed by atoms with E-state index < -0.39 is 0 Å². The average Bonchev–Trinajstić information content (AvgIpc) is 3.51. The Morgan fingerprint density at radius 2 is 1.22 bits per heavy atom. The normalized spacial score (nSPS) is 25.3. The van der Waals surface area contributed by atoms with Crippen molar-refractivity contribution in [1.82, 2.24) is 0 Å². The molecule has 14 heteroatoms. The number of rotatable bonds is 4. The minimum Gasteiger partial charge on any atom is -1.00 e. The SMILES string of the molecule is C1CCOC1.C1CCOC1.C=CC[C@H]1[CH-][C@H]2C[C@@H]1[C@@H](C(=O)OC)[C@H]2C(=O)OC.[F-].[F-].[F-].[F-].[F-].[F-].[Pd+2].[Sb+5]. The topological polar surface area (TPSA) is 71.1 Å². The molecule has 4 aliphatic rings. The zero-order valence-electron chi connectivity index (χ0n) is 20.3. The van der Waals surface area contributed by atoms with Crippen molar-refractivity contribution in [3.05, 3.63) is 19.1 Å². The quantitative estimate of drug-likeness (QED) is 0.0941. The molecule has 0 aromatic heterocycles. The molecule has 2 saturated heterocycles. The van der Waals surface area contributed by atoms with Crippen LogP contribution in [0, 0.1) is 36.0 Å². The van der Waals surface area contributed by atoms with Crippen molar-refractivity contribution in [3.8, 4) is 0 Å². The molecule has 0 amide bonds. The third kappa shape index (κ3) is 15.2. The Labute approximate surface area is 240 Å². The maximum Gasteiger partial charge on any atom is 5.00 e. The monoisotopic (exact) mass is 736 g/mol. The smallest absolute Gasteiger partial charge is 1.00 e. The van der Waals surface area contributed by atoms with Gasteiger partial charge in [-0.15, -0.1) is 6.58 Å². The minimum absolute atomic E-state index is 0. The van der Waals surface area contributed by atoms with Crippen molar-refractivity contribution in [2.24, 2.45) is 29.6 Å². The van der Waals surface area contributed by atoms with Crippen molar-refractivity contribution < 1.29 is 77.2 Å². The number of hydrogen-bond donors (Lipinski definition) is 0. The first kappa shape index (κ1) is 52.2. The number of methoxy groups -OCH3 is 2. The summed E-state index contributed by atoms with van der Waals surface area (Å²) in [5, 5.41) is 0. The van der Waals surface area contributed by atoms with Gasteiger partial charge in [0.25, 0.3) is 0 Å². The van der Waals surface area contributed by atoms with E-state index in [1.165, 1.54) is 39.9 Å². The molecule has 0 radical (unpaired) electrons. The van der Waals surface area contributed by atoms with Crippen LogP contribution >= 0.6 is 0 Å². The van der Waals surface area contributed by atoms with Crippen LogP contribution in [0.3, 0.4) is 0 Å². The zero-order chi connectivity index (χ0) is 20.4. The Kier molecular flexibility index (Phi) is 42.3. The van der Waals surface area contributed by atoms with E-state index >= 15 is 0 Å². The molecular weight excluding hydrogens is 702 g/mol. The van der Waals surface area contributed by atoms with Crippen LogP contribution in [0.15, 0.2) is 12.7 Å². The molecule has 4 rings (SSSR count). The largest absolute Gasteiger partial charge is 5.00 e. The Morgan fingerprint density at radius 3 is 1.53 bits per heavy atom. The van der Waals surface area contributed by atoms with E-state index in [1.807, 2.05) is 6.08 Å². The van der Waals surface area contributed by atoms with Gasteiger partial charge in [-0.05, 0) is 25.7 Å². The number of hydrogen-bond acceptors (Lipinski definition) is 6. The van der Waals surface area contributed by atoms with Gasteiger partial charge in [0, 0.05) is 32.3 Å². The van der Waals surface area contributed by atoms with E-state index in [0.717, 1.165) is 39.3 Å². The summed E-state index contributed by atoms with van der Waals surface area (Å²) in [6, 6.07) is 0. The van der Waals surface area contributed by atoms with Crippen molar-refractivity contribution in [2.75, 3.05) is 40.6 Å². The van der Waals surface area contributed by atoms with Gasteiger partial charge in [0.15, 0.2) is 0 Å². The predicted octanol–water partition coefficient (Wildman–Crippen LogP) is -15.2. The fourth-order valence-electron chi connectivity index (χ4n) is 4.62. The first-order chi connectivity index (χ1) is 13.6. The second kappa shape index (κ2) is 29.2. The summed E-state index contributed by atoms with van der Waals surface area (Å²) in [6.45, 7) is 7.74. The standard InChI is InChI=1S/C14H19O4.2C4H8O.6FH.Pd.Sb/c1-4-5-8-6-9-7-10(8)12(14(16)18-3)11(9)13(15)17-2;2*1-2-4-5-3-1;;;;;;;;/h4,6,8-12H,1,5,7H2,2-3H3;2*1-4H2;6*1H;;/q-1;;;;;;;;;+2;+5/p-6/t8-,9-,10-,11-,12+;;;;;;;;;;/m0........../s1. The van der Waals surface area contributed by atoms with Crippen LogP contribution in [0.4, 0.5) is 0 Å². The first-order valence-electron chi connectivity index (χ1n) is 10.4. The van der Waals surface area contributed by atoms with Crippen LogP contribution < -0.4 is 28.2 Å². The van der Waals surface area contributed by atoms with Crippen LogP contribution in [0.2, 0.25) is 0 Å². The maximum atomic E-state index is 11.9. The number of allylic oxidation sites excluding steroid dienone is 1. The van der Waals surface area contributed by atoms with Crippen LogP contribution in [-0.4, -0.2) is 77.0 Å². The predicted molar refractivity (Wildman–Crippen MR) is 111 cm³/mol. The molecule has 0 unspecified atom stereocenters. The summed E-state index contributed by atoms with van der Waals surface area (Å²) >= 11 is 0. The van der Waals surface area contributed by atoms with Crippen molar-refractivity contribution in [1.29, 1.82) is 0 Å². The Hall–Kier alpha value is -0.339. The number of ether oxygens (including phenoxy) is 4. The maximum absolute atomic E-state index is 11.9. The number of fused-ring (bicyclic) bond motifs is 2. The van der Waals surface area contributed by atoms with E-state index in [1.54, 1.807) is 0 Å². The molecule has 2 aliphatic heterocycles. The van der Waals surface area contributed by atoms with Gasteiger partial charge < -0.3 is 53.6 Å². The molecule has 216 valence electrons. The van der Waals surface area contributed by atoms with Crippen LogP contribution in [0.1, 0.15) is 38.5 Å². The number of halogens is 6. The van der Waals surface area contributed by atoms with Crippen molar-refractivity contribution in [3.63, 3.8) is 0 Å². The molecule has 5 atom stereocenters. The first-order valence-corrected chi connectivity index (χ1v) is 10.4. The van der Waals surface area contributed by atoms with Gasteiger partial charge >= 0.3 is 56.8 Å². The number of esters is 2. The summed E-state index contributed by atoms with van der Waals surface area (Å²) in [4.78, 5) is 23.7. The van der Waals surface area contributed by atoms with Gasteiger partial charge in [-0.25, -0.2) is 0 Å². The van der Waals surface area contributed by atoms with Gasteiger partial charge in [-0.1, -0.05) is 24.8 Å². The molecular formula is C22H35F6O6PdSb. The van der Waals surface area contributed by atoms with E-state index in [0.29, 0.717) is 5.92 Å². The van der Waals surface area contributed by atoms with Gasteiger partial charge in [-0.3, -0.25) is 9.59 Å². The van der Waals surface area contributed by atoms with Gasteiger partial charge in [-0.2, -0.15) is 11.8 Å². The van der Waals surface area contributed by atoms with Gasteiger partial charge in [0.05, 0.1) is 20.1 Å². The van der Waals surface area contributed by atoms with Crippen molar-refractivity contribution in [2.45, 2.75) is 38.5 Å². The molecule has 0 aromatic rings. The zero-order valence-corrected chi connectivity index (χ0v) is 24.4. The summed E-state index contributed by atoms with van der Waals surface area (Å²) < 4.78 is 19.6. The van der Waals surface area contributed by atoms with Crippen LogP contribution in [-0.2, 0) is 49.0 Å². The van der Waals surface area contributed by atoms with Gasteiger partial charge in [0.2, 0.25) is 0 Å². The second-order valence-corrected chi connectivity index (χ2v) is 7.68. The van der Waals surface area contributed by atoms with E-state index in [2.05, 4.69) is 13.0 Å². The van der Waals surface area contributed by atoms with E-state index in [-0.39, 0.29) is 109 Å². The van der Waals surface area contributed by atoms with E-state index in [9.17, 15) is 9.59 Å². The Balaban J connectivity index is -0.0000000799. The molecule has 36 heavy (non-hydrogen) atoms. The van der Waals surface area contributed by atoms with Gasteiger partial charge in [0.1, 0.15) is 0 Å². The number of carbonyl (C=O) groups is 2. The molecule has 2 bridgehead atoms. The fourth-order valence-corrected chi connectivity index (χ4v) is 4.62. The summed E-state index contributed by atoms with van der Waals surface area (Å²) in [5.41, 5.74) is 0. The van der Waals surface area contributed by atoms with Crippen LogP contribution in [0.25, 0.3) is 0 Å². The third-order valence-electron chi connectivity index (χ3n) is 5.94. The molecule has 2 saturated carbocycles. The molecule has 6 nitrogen and oxygen atoms in total. The molecule has 0 N–H and O–H groups in total. The summed E-state index contributed by atoms with van der Waals surface area (Å²) in [7, 11) is 2.73. The minimum atomic E-state index is -0.367. The molecule has 2 heterocycles. The molecule has 0 spiro atoms. The van der Waals surface area contributed by atoms with E-state index in [4.69, 9.17) is 18.9 Å². The molecule has 0 aromatic carbocycles. The average molecular weight is 738 g/mol. The van der Waals surface area contributed by atoms with Crippen molar-refractivity contribution >= 4 is 36.4 Å². The molecule has 4 fully saturated rings.